The number of alkyl halides is 3. The second-order valence-electron chi connectivity index (χ2n) is 6.56. The maximum absolute atomic E-state index is 13.1. The molecule has 2 aliphatic rings. The van der Waals surface area contributed by atoms with E-state index < -0.39 is 41.6 Å². The molecule has 3 unspecified atom stereocenters. The summed E-state index contributed by atoms with van der Waals surface area (Å²) in [5.74, 6) is -3.83. The van der Waals surface area contributed by atoms with Crippen molar-refractivity contribution >= 4 is 5.97 Å². The van der Waals surface area contributed by atoms with E-state index in [2.05, 4.69) is 0 Å². The second-order valence-corrected chi connectivity index (χ2v) is 6.56. The van der Waals surface area contributed by atoms with E-state index in [1.807, 2.05) is 0 Å². The second kappa shape index (κ2) is 7.49. The van der Waals surface area contributed by atoms with Crippen LogP contribution in [0.1, 0.15) is 51.4 Å². The number of halogens is 3. The van der Waals surface area contributed by atoms with E-state index in [0.29, 0.717) is 12.8 Å². The van der Waals surface area contributed by atoms with Crippen LogP contribution in [-0.2, 0) is 9.53 Å². The smallest absolute Gasteiger partial charge is 0.392 e. The van der Waals surface area contributed by atoms with Gasteiger partial charge in [0.05, 0.1) is 17.8 Å². The van der Waals surface area contributed by atoms with E-state index in [4.69, 9.17) is 4.74 Å². The molecule has 0 aliphatic heterocycles. The standard InChI is InChI=1S/C15H22F3NO4/c16-15(17,18)12-7-4-8-13(19(21)22)11(12)9-23-14(20)10-5-2-1-3-6-10/h10-13H,1-9H2. The zero-order valence-corrected chi connectivity index (χ0v) is 12.9. The fourth-order valence-electron chi connectivity index (χ4n) is 3.77. The minimum Gasteiger partial charge on any atom is -0.465 e. The lowest BCUT2D eigenvalue weighted by Gasteiger charge is -2.34. The van der Waals surface area contributed by atoms with Gasteiger partial charge in [-0.2, -0.15) is 13.2 Å². The maximum Gasteiger partial charge on any atom is 0.392 e. The molecule has 132 valence electrons. The fourth-order valence-corrected chi connectivity index (χ4v) is 3.77. The van der Waals surface area contributed by atoms with E-state index in [-0.39, 0.29) is 25.2 Å². The van der Waals surface area contributed by atoms with Gasteiger partial charge in [0.2, 0.25) is 6.04 Å². The summed E-state index contributed by atoms with van der Waals surface area (Å²) < 4.78 is 44.5. The maximum atomic E-state index is 13.1. The summed E-state index contributed by atoms with van der Waals surface area (Å²) in [6, 6.07) is -1.30. The molecule has 0 aromatic heterocycles. The number of carbonyl (C=O) groups excluding carboxylic acids is 1. The summed E-state index contributed by atoms with van der Waals surface area (Å²) in [5, 5.41) is 11.1. The number of nitrogens with zero attached hydrogens (tertiary/aromatic N) is 1. The van der Waals surface area contributed by atoms with Gasteiger partial charge in [0.15, 0.2) is 0 Å². The first-order valence-corrected chi connectivity index (χ1v) is 8.17. The molecule has 0 bridgehead atoms. The van der Waals surface area contributed by atoms with E-state index in [0.717, 1.165) is 19.3 Å². The Labute approximate surface area is 132 Å². The number of rotatable bonds is 4. The van der Waals surface area contributed by atoms with Gasteiger partial charge >= 0.3 is 12.1 Å². The first-order chi connectivity index (χ1) is 10.8. The highest BCUT2D eigenvalue weighted by molar-refractivity contribution is 5.72. The Bertz CT molecular complexity index is 435. The molecule has 2 fully saturated rings. The van der Waals surface area contributed by atoms with Crippen LogP contribution < -0.4 is 0 Å². The summed E-state index contributed by atoms with van der Waals surface area (Å²) in [5.41, 5.74) is 0. The van der Waals surface area contributed by atoms with Crippen molar-refractivity contribution < 1.29 is 27.6 Å². The van der Waals surface area contributed by atoms with Gasteiger partial charge in [-0.15, -0.1) is 0 Å². The van der Waals surface area contributed by atoms with Gasteiger partial charge in [0, 0.05) is 11.3 Å². The van der Waals surface area contributed by atoms with Gasteiger partial charge in [-0.1, -0.05) is 19.3 Å². The lowest BCUT2D eigenvalue weighted by molar-refractivity contribution is -0.541. The largest absolute Gasteiger partial charge is 0.465 e. The quantitative estimate of drug-likeness (QED) is 0.445. The molecular weight excluding hydrogens is 315 g/mol. The molecule has 3 atom stereocenters. The van der Waals surface area contributed by atoms with Gasteiger partial charge in [-0.3, -0.25) is 14.9 Å². The van der Waals surface area contributed by atoms with E-state index in [1.54, 1.807) is 0 Å². The first kappa shape index (κ1) is 18.0. The Morgan fingerprint density at radius 3 is 2.30 bits per heavy atom. The van der Waals surface area contributed by atoms with Crippen molar-refractivity contribution in [2.75, 3.05) is 6.61 Å². The normalized spacial score (nSPS) is 30.0. The summed E-state index contributed by atoms with van der Waals surface area (Å²) >= 11 is 0. The molecule has 0 spiro atoms. The average Bonchev–Trinajstić information content (AvgIpc) is 2.52. The van der Waals surface area contributed by atoms with Gasteiger partial charge in [-0.05, 0) is 25.7 Å². The van der Waals surface area contributed by atoms with Gasteiger partial charge in [0.1, 0.15) is 6.61 Å². The third-order valence-electron chi connectivity index (χ3n) is 5.07. The third kappa shape index (κ3) is 4.57. The van der Waals surface area contributed by atoms with E-state index in [9.17, 15) is 28.1 Å². The van der Waals surface area contributed by atoms with Crippen LogP contribution in [0.15, 0.2) is 0 Å². The van der Waals surface area contributed by atoms with Crippen molar-refractivity contribution in [3.05, 3.63) is 10.1 Å². The SMILES string of the molecule is O=C(OCC1C([N+](=O)[O-])CCCC1C(F)(F)F)C1CCCCC1. The van der Waals surface area contributed by atoms with Crippen molar-refractivity contribution in [3.63, 3.8) is 0 Å². The molecule has 0 saturated heterocycles. The summed E-state index contributed by atoms with van der Waals surface area (Å²) in [4.78, 5) is 22.4. The van der Waals surface area contributed by atoms with Crippen LogP contribution in [0.4, 0.5) is 13.2 Å². The van der Waals surface area contributed by atoms with Crippen LogP contribution in [0, 0.1) is 27.9 Å². The number of hydrogen-bond donors (Lipinski definition) is 0. The molecule has 2 saturated carbocycles. The minimum atomic E-state index is -4.50. The van der Waals surface area contributed by atoms with Crippen LogP contribution in [0.25, 0.3) is 0 Å². The number of esters is 1. The topological polar surface area (TPSA) is 69.4 Å². The fraction of sp³-hybridized carbons (Fsp3) is 0.933. The molecule has 5 nitrogen and oxygen atoms in total. The zero-order chi connectivity index (χ0) is 17.0. The van der Waals surface area contributed by atoms with Crippen LogP contribution in [0.2, 0.25) is 0 Å². The monoisotopic (exact) mass is 337 g/mol. The number of nitro groups is 1. The summed E-state index contributed by atoms with van der Waals surface area (Å²) in [6.07, 6.45) is -0.135. The Kier molecular flexibility index (Phi) is 5.86. The molecule has 2 rings (SSSR count). The molecule has 0 aromatic rings. The van der Waals surface area contributed by atoms with Gasteiger partial charge < -0.3 is 4.74 Å². The Balaban J connectivity index is 2.01. The molecule has 8 heteroatoms. The summed E-state index contributed by atoms with van der Waals surface area (Å²) in [6.45, 7) is -0.509. The zero-order valence-electron chi connectivity index (χ0n) is 12.9. The molecule has 0 N–H and O–H groups in total. The third-order valence-corrected chi connectivity index (χ3v) is 5.07. The molecule has 0 radical (unpaired) electrons. The molecule has 2 aliphatic carbocycles. The van der Waals surface area contributed by atoms with Crippen molar-refractivity contribution in [2.24, 2.45) is 17.8 Å². The molecule has 23 heavy (non-hydrogen) atoms. The predicted octanol–water partition coefficient (Wildman–Crippen LogP) is 3.73. The molecular formula is C15H22F3NO4. The van der Waals surface area contributed by atoms with Crippen LogP contribution in [-0.4, -0.2) is 29.7 Å². The highest BCUT2D eigenvalue weighted by atomic mass is 19.4. The lowest BCUT2D eigenvalue weighted by Crippen LogP contribution is -2.46. The highest BCUT2D eigenvalue weighted by Gasteiger charge is 2.53. The molecule has 0 heterocycles. The Morgan fingerprint density at radius 2 is 1.74 bits per heavy atom. The van der Waals surface area contributed by atoms with Crippen molar-refractivity contribution in [3.8, 4) is 0 Å². The van der Waals surface area contributed by atoms with E-state index >= 15 is 0 Å². The van der Waals surface area contributed by atoms with Gasteiger partial charge in [-0.25, -0.2) is 0 Å². The minimum absolute atomic E-state index is 0.102. The number of hydrogen-bond acceptors (Lipinski definition) is 4. The lowest BCUT2D eigenvalue weighted by atomic mass is 9.76. The van der Waals surface area contributed by atoms with Crippen LogP contribution in [0.5, 0.6) is 0 Å². The highest BCUT2D eigenvalue weighted by Crippen LogP contribution is 2.42. The van der Waals surface area contributed by atoms with Gasteiger partial charge in [0.25, 0.3) is 0 Å². The van der Waals surface area contributed by atoms with Crippen molar-refractivity contribution in [1.29, 1.82) is 0 Å². The summed E-state index contributed by atoms with van der Waals surface area (Å²) in [7, 11) is 0. The Morgan fingerprint density at radius 1 is 1.09 bits per heavy atom. The van der Waals surface area contributed by atoms with E-state index in [1.165, 1.54) is 0 Å². The van der Waals surface area contributed by atoms with Crippen molar-refractivity contribution in [1.82, 2.24) is 0 Å². The molecule has 0 aromatic carbocycles. The van der Waals surface area contributed by atoms with Crippen LogP contribution in [0.3, 0.4) is 0 Å². The Hall–Kier alpha value is -1.34. The number of ether oxygens (including phenoxy) is 1. The number of carbonyl (C=O) groups is 1. The first-order valence-electron chi connectivity index (χ1n) is 8.17. The van der Waals surface area contributed by atoms with Crippen molar-refractivity contribution in [2.45, 2.75) is 63.6 Å². The predicted molar refractivity (Wildman–Crippen MR) is 75.2 cm³/mol. The molecule has 0 amide bonds. The average molecular weight is 337 g/mol. The van der Waals surface area contributed by atoms with Crippen LogP contribution >= 0.6 is 0 Å².